The molecule has 0 saturated heterocycles. The Hall–Kier alpha value is -0.714. The summed E-state index contributed by atoms with van der Waals surface area (Å²) in [5.41, 5.74) is 0. The maximum absolute atomic E-state index is 12.7. The van der Waals surface area contributed by atoms with Gasteiger partial charge in [0.1, 0.15) is 11.5 Å². The summed E-state index contributed by atoms with van der Waals surface area (Å²) in [6.45, 7) is 5.48. The summed E-state index contributed by atoms with van der Waals surface area (Å²) in [6, 6.07) is 13.2. The van der Waals surface area contributed by atoms with Gasteiger partial charge >= 0.3 is 23.1 Å². The minimum absolute atomic E-state index is 0. The van der Waals surface area contributed by atoms with Gasteiger partial charge in [-0.15, -0.1) is 0 Å². The van der Waals surface area contributed by atoms with Crippen LogP contribution in [0, 0.1) is 0 Å². The monoisotopic (exact) mass is 420 g/mol. The second kappa shape index (κ2) is 13.5. The van der Waals surface area contributed by atoms with Gasteiger partial charge in [0.05, 0.1) is 20.6 Å². The van der Waals surface area contributed by atoms with Crippen LogP contribution < -0.4 is 37.4 Å². The van der Waals surface area contributed by atoms with Crippen molar-refractivity contribution in [1.29, 1.82) is 0 Å². The number of hydrogen-bond acceptors (Lipinski definition) is 4. The summed E-state index contributed by atoms with van der Waals surface area (Å²) in [4.78, 5) is 12.7. The van der Waals surface area contributed by atoms with Gasteiger partial charge in [0.25, 0.3) is 0 Å². The molecule has 0 aliphatic rings. The van der Waals surface area contributed by atoms with Gasteiger partial charge in [0.2, 0.25) is 0 Å². The van der Waals surface area contributed by atoms with E-state index in [4.69, 9.17) is 9.47 Å². The molecule has 0 heterocycles. The zero-order valence-corrected chi connectivity index (χ0v) is 19.1. The summed E-state index contributed by atoms with van der Waals surface area (Å²) in [5.74, 6) is 1.38. The third kappa shape index (κ3) is 8.04. The van der Waals surface area contributed by atoms with Crippen molar-refractivity contribution in [1.82, 2.24) is 0 Å². The number of ether oxygens (including phenoxy) is 2. The number of hydrogen-bond donors (Lipinski definition) is 0. The molecule has 0 aliphatic carbocycles. The molecule has 2 aromatic carbocycles. The van der Waals surface area contributed by atoms with E-state index in [9.17, 15) is 9.46 Å². The van der Waals surface area contributed by atoms with Crippen LogP contribution >= 0.6 is 7.37 Å². The first-order valence-corrected chi connectivity index (χ1v) is 10.5. The first-order chi connectivity index (χ1) is 12.1. The first-order valence-electron chi connectivity index (χ1n) is 8.85. The van der Waals surface area contributed by atoms with Crippen molar-refractivity contribution in [2.24, 2.45) is 0 Å². The van der Waals surface area contributed by atoms with Crippen LogP contribution in [0.1, 0.15) is 39.5 Å². The summed E-state index contributed by atoms with van der Waals surface area (Å²) >= 11 is 0. The molecule has 7 heteroatoms. The van der Waals surface area contributed by atoms with Crippen LogP contribution in [0.25, 0.3) is 0 Å². The topological polar surface area (TPSA) is 58.6 Å². The van der Waals surface area contributed by atoms with Gasteiger partial charge in [-0.25, -0.2) is 0 Å². The number of benzene rings is 2. The van der Waals surface area contributed by atoms with E-state index >= 15 is 0 Å². The Morgan fingerprint density at radius 2 is 1.11 bits per heavy atom. The Labute approximate surface area is 184 Å². The van der Waals surface area contributed by atoms with E-state index < -0.39 is 7.37 Å². The van der Waals surface area contributed by atoms with Crippen molar-refractivity contribution >= 4 is 41.0 Å². The average molecular weight is 421 g/mol. The van der Waals surface area contributed by atoms with Crippen LogP contribution in [-0.4, -0.2) is 36.3 Å². The van der Waals surface area contributed by atoms with Gasteiger partial charge in [-0.05, 0) is 61.4 Å². The molecule has 2 aromatic rings. The van der Waals surface area contributed by atoms with Crippen LogP contribution in [0.5, 0.6) is 11.5 Å². The van der Waals surface area contributed by atoms with Gasteiger partial charge < -0.3 is 31.3 Å². The smallest absolute Gasteiger partial charge is 1.00 e. The Balaban J connectivity index is 0.00000338. The van der Waals surface area contributed by atoms with Crippen LogP contribution in [-0.2, 0) is 4.57 Å². The number of halogens is 1. The Morgan fingerprint density at radius 1 is 0.778 bits per heavy atom. The fourth-order valence-electron chi connectivity index (χ4n) is 2.30. The predicted molar refractivity (Wildman–Crippen MR) is 106 cm³/mol. The van der Waals surface area contributed by atoms with Crippen molar-refractivity contribution in [3.05, 3.63) is 48.5 Å². The molecule has 0 unspecified atom stereocenters. The normalized spacial score (nSPS) is 10.5. The molecule has 27 heavy (non-hydrogen) atoms. The molecule has 0 aliphatic heterocycles. The van der Waals surface area contributed by atoms with Crippen LogP contribution in [0.2, 0.25) is 0 Å². The van der Waals surface area contributed by atoms with Crippen LogP contribution in [0.3, 0.4) is 0 Å². The van der Waals surface area contributed by atoms with E-state index in [-0.39, 0.29) is 46.1 Å². The van der Waals surface area contributed by atoms with Gasteiger partial charge in [-0.1, -0.05) is 26.7 Å². The molecule has 0 N–H and O–H groups in total. The van der Waals surface area contributed by atoms with E-state index in [1.807, 2.05) is 0 Å². The molecule has 0 bridgehead atoms. The van der Waals surface area contributed by atoms with Gasteiger partial charge in [-0.2, -0.15) is 0 Å². The Morgan fingerprint density at radius 3 is 1.41 bits per heavy atom. The Kier molecular flexibility index (Phi) is 13.1. The fourth-order valence-corrected chi connectivity index (χ4v) is 3.68. The van der Waals surface area contributed by atoms with Crippen molar-refractivity contribution in [2.75, 3.05) is 13.2 Å². The molecule has 0 fully saturated rings. The summed E-state index contributed by atoms with van der Waals surface area (Å²) in [6.07, 6.45) is 4.08. The largest absolute Gasteiger partial charge is 2.00 e. The quantitative estimate of drug-likeness (QED) is 0.314. The van der Waals surface area contributed by atoms with Crippen molar-refractivity contribution in [2.45, 2.75) is 39.5 Å². The molecule has 2 rings (SSSR count). The zero-order chi connectivity index (χ0) is 18.1. The van der Waals surface area contributed by atoms with Gasteiger partial charge in [-0.3, -0.25) is 0 Å². The minimum Gasteiger partial charge on any atom is -1.00 e. The van der Waals surface area contributed by atoms with E-state index in [0.717, 1.165) is 25.7 Å². The van der Waals surface area contributed by atoms with Crippen molar-refractivity contribution < 1.29 is 31.3 Å². The molecule has 0 saturated carbocycles. The van der Waals surface area contributed by atoms with E-state index in [1.165, 1.54) is 0 Å². The van der Waals surface area contributed by atoms with Crippen molar-refractivity contribution in [3.8, 4) is 11.5 Å². The summed E-state index contributed by atoms with van der Waals surface area (Å²) in [5, 5.41) is 0.574. The second-order valence-electron chi connectivity index (χ2n) is 5.94. The number of unbranched alkanes of at least 4 members (excludes halogenated alkanes) is 2. The molecule has 4 nitrogen and oxygen atoms in total. The second-order valence-corrected chi connectivity index (χ2v) is 8.08. The molecular weight excluding hydrogens is 395 g/mol. The van der Waals surface area contributed by atoms with Crippen LogP contribution in [0.15, 0.2) is 48.5 Å². The fraction of sp³-hybridized carbons (Fsp3) is 0.400. The maximum atomic E-state index is 12.7. The number of rotatable bonds is 10. The molecule has 144 valence electrons. The molecule has 0 radical (unpaired) electrons. The SMILES string of the molecule is CCCCOc1ccc(P(=O)([O-])c2ccc(OCCCC)cc2)cc1.[Cl-].[Mg+2]. The molecule has 0 atom stereocenters. The van der Waals surface area contributed by atoms with E-state index in [2.05, 4.69) is 13.8 Å². The van der Waals surface area contributed by atoms with E-state index in [1.54, 1.807) is 48.5 Å². The predicted octanol–water partition coefficient (Wildman–Crippen LogP) is 0.257. The molecule has 0 aromatic heterocycles. The van der Waals surface area contributed by atoms with Gasteiger partial charge in [0.15, 0.2) is 0 Å². The van der Waals surface area contributed by atoms with Crippen molar-refractivity contribution in [3.63, 3.8) is 0 Å². The molecular formula is C20H26ClMgO4P. The maximum Gasteiger partial charge on any atom is 2.00 e. The first kappa shape index (κ1) is 26.3. The minimum atomic E-state index is -3.86. The summed E-state index contributed by atoms with van der Waals surface area (Å²) in [7, 11) is -3.86. The third-order valence-electron chi connectivity index (χ3n) is 3.89. The Bertz CT molecular complexity index is 635. The van der Waals surface area contributed by atoms with Gasteiger partial charge in [0, 0.05) is 10.6 Å². The summed E-state index contributed by atoms with van der Waals surface area (Å²) < 4.78 is 23.9. The average Bonchev–Trinajstić information content (AvgIpc) is 2.63. The standard InChI is InChI=1S/C20H27O4P.ClH.Mg/c1-3-5-15-23-17-7-11-19(12-8-17)25(21,22)20-13-9-18(10-14-20)24-16-6-4-2;;/h7-14H,3-6,15-16H2,1-2H3,(H,21,22);1H;/q;;+2/p-2. The zero-order valence-electron chi connectivity index (χ0n) is 16.0. The molecule has 0 amide bonds. The third-order valence-corrected chi connectivity index (χ3v) is 5.84. The molecule has 0 spiro atoms. The van der Waals surface area contributed by atoms with E-state index in [0.29, 0.717) is 24.7 Å². The van der Waals surface area contributed by atoms with Crippen LogP contribution in [0.4, 0.5) is 0 Å².